The molecule has 31 heavy (non-hydrogen) atoms. The number of thioether (sulfide) groups is 1. The molecule has 2 aromatic heterocycles. The molecule has 0 saturated heterocycles. The Kier molecular flexibility index (Phi) is 7.69. The van der Waals surface area contributed by atoms with Crippen LogP contribution in [0.4, 0.5) is 21.7 Å². The number of carbonyl (C=O) groups is 1. The van der Waals surface area contributed by atoms with Crippen LogP contribution in [0.25, 0.3) is 0 Å². The van der Waals surface area contributed by atoms with Gasteiger partial charge in [0.15, 0.2) is 11.6 Å². The highest BCUT2D eigenvalue weighted by atomic mass is 32.2. The van der Waals surface area contributed by atoms with Gasteiger partial charge in [0.25, 0.3) is 5.91 Å². The highest BCUT2D eigenvalue weighted by Crippen LogP contribution is 2.28. The number of hydrogen-bond acceptors (Lipinski definition) is 7. The van der Waals surface area contributed by atoms with E-state index in [0.717, 1.165) is 31.7 Å². The number of halogens is 1. The van der Waals surface area contributed by atoms with Crippen molar-refractivity contribution in [2.45, 2.75) is 56.9 Å². The zero-order valence-corrected chi connectivity index (χ0v) is 18.7. The van der Waals surface area contributed by atoms with Crippen molar-refractivity contribution in [3.8, 4) is 6.07 Å². The van der Waals surface area contributed by atoms with Gasteiger partial charge in [-0.05, 0) is 51.9 Å². The van der Waals surface area contributed by atoms with Crippen molar-refractivity contribution < 1.29 is 9.18 Å². The maximum Gasteiger partial charge on any atom is 0.255 e. The van der Waals surface area contributed by atoms with Gasteiger partial charge in [-0.2, -0.15) is 17.0 Å². The number of aromatic nitrogens is 2. The summed E-state index contributed by atoms with van der Waals surface area (Å²) in [7, 11) is 0. The fourth-order valence-corrected chi connectivity index (χ4v) is 4.30. The molecule has 1 aliphatic carbocycles. The second kappa shape index (κ2) is 10.4. The molecule has 0 spiro atoms. The molecule has 1 saturated carbocycles. The van der Waals surface area contributed by atoms with Crippen molar-refractivity contribution in [3.63, 3.8) is 0 Å². The van der Waals surface area contributed by atoms with E-state index in [1.54, 1.807) is 6.07 Å². The van der Waals surface area contributed by atoms with Crippen LogP contribution in [-0.2, 0) is 0 Å². The summed E-state index contributed by atoms with van der Waals surface area (Å²) in [5, 5.41) is 18.7. The molecule has 0 atom stereocenters. The quantitative estimate of drug-likeness (QED) is 0.582. The third-order valence-corrected chi connectivity index (χ3v) is 6.29. The standard InChI is InChI=1S/C22H27FN6OS/c1-13(2)27-19-9-20(29-21-18(23)8-14(10-24)11-26-21)25-12-17(19)22(30)28-15-4-6-16(31-3)7-5-15/h8-9,11-13,15-16H,4-7H2,1-3H3,(H,28,30)(H2,25,26,27,29). The Labute approximate surface area is 186 Å². The second-order valence-corrected chi connectivity index (χ2v) is 9.03. The van der Waals surface area contributed by atoms with E-state index in [2.05, 4.69) is 32.2 Å². The van der Waals surface area contributed by atoms with E-state index in [0.29, 0.717) is 22.3 Å². The molecule has 3 N–H and O–H groups in total. The molecule has 7 nitrogen and oxygen atoms in total. The van der Waals surface area contributed by atoms with Gasteiger partial charge in [0.2, 0.25) is 0 Å². The van der Waals surface area contributed by atoms with E-state index < -0.39 is 5.82 Å². The van der Waals surface area contributed by atoms with E-state index in [1.807, 2.05) is 31.7 Å². The van der Waals surface area contributed by atoms with E-state index in [-0.39, 0.29) is 29.4 Å². The molecule has 2 heterocycles. The fraction of sp³-hybridized carbons (Fsp3) is 0.455. The third kappa shape index (κ3) is 6.07. The second-order valence-electron chi connectivity index (χ2n) is 7.89. The monoisotopic (exact) mass is 442 g/mol. The number of rotatable bonds is 7. The molecule has 9 heteroatoms. The molecular weight excluding hydrogens is 415 g/mol. The first kappa shape index (κ1) is 22.8. The van der Waals surface area contributed by atoms with Crippen LogP contribution < -0.4 is 16.0 Å². The molecule has 3 rings (SSSR count). The summed E-state index contributed by atoms with van der Waals surface area (Å²) in [6.07, 6.45) is 9.06. The molecule has 0 aliphatic heterocycles. The Morgan fingerprint density at radius 1 is 1.23 bits per heavy atom. The van der Waals surface area contributed by atoms with Crippen LogP contribution in [0.15, 0.2) is 24.5 Å². The van der Waals surface area contributed by atoms with Gasteiger partial charge in [-0.3, -0.25) is 4.79 Å². The van der Waals surface area contributed by atoms with Gasteiger partial charge in [-0.25, -0.2) is 14.4 Å². The van der Waals surface area contributed by atoms with E-state index in [9.17, 15) is 9.18 Å². The van der Waals surface area contributed by atoms with Gasteiger partial charge in [0, 0.05) is 35.8 Å². The molecule has 1 aliphatic rings. The first-order valence-corrected chi connectivity index (χ1v) is 11.6. The molecule has 1 amide bonds. The third-order valence-electron chi connectivity index (χ3n) is 5.15. The van der Waals surface area contributed by atoms with E-state index >= 15 is 0 Å². The Bertz CT molecular complexity index is 969. The van der Waals surface area contributed by atoms with Gasteiger partial charge in [0.05, 0.1) is 16.8 Å². The number of nitriles is 1. The minimum atomic E-state index is -0.651. The zero-order valence-electron chi connectivity index (χ0n) is 17.9. The molecule has 0 aromatic carbocycles. The van der Waals surface area contributed by atoms with Crippen molar-refractivity contribution in [2.24, 2.45) is 0 Å². The molecule has 0 radical (unpaired) electrons. The van der Waals surface area contributed by atoms with E-state index in [1.165, 1.54) is 12.4 Å². The van der Waals surface area contributed by atoms with Crippen molar-refractivity contribution in [1.29, 1.82) is 5.26 Å². The van der Waals surface area contributed by atoms with Gasteiger partial charge in [-0.15, -0.1) is 0 Å². The summed E-state index contributed by atoms with van der Waals surface area (Å²) in [6, 6.07) is 4.87. The first-order valence-electron chi connectivity index (χ1n) is 10.3. The van der Waals surface area contributed by atoms with Crippen molar-refractivity contribution in [3.05, 3.63) is 41.5 Å². The maximum absolute atomic E-state index is 14.2. The number of hydrogen-bond donors (Lipinski definition) is 3. The summed E-state index contributed by atoms with van der Waals surface area (Å²) in [4.78, 5) is 21.2. The van der Waals surface area contributed by atoms with Crippen LogP contribution >= 0.6 is 11.8 Å². The van der Waals surface area contributed by atoms with Crippen LogP contribution in [0.5, 0.6) is 0 Å². The molecule has 0 unspecified atom stereocenters. The lowest BCUT2D eigenvalue weighted by molar-refractivity contribution is 0.0928. The van der Waals surface area contributed by atoms with Crippen LogP contribution in [0.3, 0.4) is 0 Å². The summed E-state index contributed by atoms with van der Waals surface area (Å²) >= 11 is 1.89. The molecule has 0 bridgehead atoms. The van der Waals surface area contributed by atoms with Gasteiger partial charge >= 0.3 is 0 Å². The highest BCUT2D eigenvalue weighted by Gasteiger charge is 2.23. The number of pyridine rings is 2. The van der Waals surface area contributed by atoms with Crippen LogP contribution in [0.1, 0.15) is 55.5 Å². The van der Waals surface area contributed by atoms with Crippen LogP contribution in [-0.4, -0.2) is 39.5 Å². The number of anilines is 3. The summed E-state index contributed by atoms with van der Waals surface area (Å²) in [5.74, 6) is -0.514. The van der Waals surface area contributed by atoms with Crippen molar-refractivity contribution in [1.82, 2.24) is 15.3 Å². The predicted octanol–water partition coefficient (Wildman–Crippen LogP) is 4.46. The topological polar surface area (TPSA) is 103 Å². The Morgan fingerprint density at radius 3 is 2.58 bits per heavy atom. The number of nitrogens with zero attached hydrogens (tertiary/aromatic N) is 3. The maximum atomic E-state index is 14.2. The smallest absolute Gasteiger partial charge is 0.255 e. The Morgan fingerprint density at radius 2 is 1.97 bits per heavy atom. The number of nitrogens with one attached hydrogen (secondary N) is 3. The van der Waals surface area contributed by atoms with Gasteiger partial charge < -0.3 is 16.0 Å². The molecule has 164 valence electrons. The summed E-state index contributed by atoms with van der Waals surface area (Å²) in [5.41, 5.74) is 1.19. The van der Waals surface area contributed by atoms with Crippen molar-refractivity contribution >= 4 is 35.0 Å². The highest BCUT2D eigenvalue weighted by molar-refractivity contribution is 7.99. The summed E-state index contributed by atoms with van der Waals surface area (Å²) < 4.78 is 14.2. The van der Waals surface area contributed by atoms with Crippen LogP contribution in [0.2, 0.25) is 0 Å². The number of carbonyl (C=O) groups excluding carboxylic acids is 1. The van der Waals surface area contributed by atoms with Crippen molar-refractivity contribution in [2.75, 3.05) is 16.9 Å². The Hall–Kier alpha value is -2.86. The predicted molar refractivity (Wildman–Crippen MR) is 122 cm³/mol. The fourth-order valence-electron chi connectivity index (χ4n) is 3.55. The van der Waals surface area contributed by atoms with Crippen LogP contribution in [0, 0.1) is 17.1 Å². The van der Waals surface area contributed by atoms with Gasteiger partial charge in [0.1, 0.15) is 11.9 Å². The average molecular weight is 443 g/mol. The molecule has 2 aromatic rings. The van der Waals surface area contributed by atoms with E-state index in [4.69, 9.17) is 5.26 Å². The van der Waals surface area contributed by atoms with Gasteiger partial charge in [-0.1, -0.05) is 0 Å². The number of amides is 1. The average Bonchev–Trinajstić information content (AvgIpc) is 2.75. The minimum Gasteiger partial charge on any atom is -0.382 e. The lowest BCUT2D eigenvalue weighted by Crippen LogP contribution is -2.38. The normalized spacial score (nSPS) is 18.3. The lowest BCUT2D eigenvalue weighted by atomic mass is 9.94. The first-order chi connectivity index (χ1) is 14.9. The molecular formula is C22H27FN6OS. The lowest BCUT2D eigenvalue weighted by Gasteiger charge is -2.28. The summed E-state index contributed by atoms with van der Waals surface area (Å²) in [6.45, 7) is 3.95. The Balaban J connectivity index is 1.76. The minimum absolute atomic E-state index is 0.0373. The largest absolute Gasteiger partial charge is 0.382 e. The SMILES string of the molecule is CSC1CCC(NC(=O)c2cnc(Nc3ncc(C#N)cc3F)cc2NC(C)C)CC1. The zero-order chi connectivity index (χ0) is 22.4. The molecule has 1 fully saturated rings.